The first-order chi connectivity index (χ1) is 8.60. The van der Waals surface area contributed by atoms with E-state index in [1.165, 1.54) is 0 Å². The zero-order valence-corrected chi connectivity index (χ0v) is 10.4. The third-order valence-corrected chi connectivity index (χ3v) is 2.97. The Morgan fingerprint density at radius 3 is 2.83 bits per heavy atom. The summed E-state index contributed by atoms with van der Waals surface area (Å²) in [5.41, 5.74) is 7.72. The molecule has 5 heteroatoms. The number of carbonyl (C=O) groups excluding carboxylic acids is 1. The second-order valence-corrected chi connectivity index (χ2v) is 3.99. The van der Waals surface area contributed by atoms with Crippen LogP contribution < -0.4 is 5.73 Å². The zero-order valence-electron chi connectivity index (χ0n) is 10.4. The summed E-state index contributed by atoms with van der Waals surface area (Å²) in [5.74, 6) is -0.278. The van der Waals surface area contributed by atoms with Gasteiger partial charge in [0.25, 0.3) is 0 Å². The number of aromatic hydroxyl groups is 1. The number of benzene rings is 1. The van der Waals surface area contributed by atoms with E-state index < -0.39 is 5.97 Å². The number of carbonyl (C=O) groups is 1. The third-order valence-electron chi connectivity index (χ3n) is 2.97. The summed E-state index contributed by atoms with van der Waals surface area (Å²) in [5, 5.41) is 10.2. The predicted octanol–water partition coefficient (Wildman–Crippen LogP) is 1.75. The van der Waals surface area contributed by atoms with Gasteiger partial charge in [0.05, 0.1) is 24.4 Å². The molecule has 0 unspecified atom stereocenters. The lowest BCUT2D eigenvalue weighted by Crippen LogP contribution is -2.11. The van der Waals surface area contributed by atoms with E-state index in [-0.39, 0.29) is 12.4 Å². The van der Waals surface area contributed by atoms with Crippen LogP contribution in [0.1, 0.15) is 23.0 Å². The van der Waals surface area contributed by atoms with Crippen molar-refractivity contribution in [3.05, 3.63) is 29.5 Å². The van der Waals surface area contributed by atoms with Crippen LogP contribution in [0, 0.1) is 6.92 Å². The standard InChI is InChI=1S/C13H16N2O3/c1-3-18-13(17)12-8(2)15(7-14)11-5-4-9(16)6-10(11)12/h4-6,16H,3,7,14H2,1-2H3. The average Bonchev–Trinajstić information content (AvgIpc) is 2.60. The zero-order chi connectivity index (χ0) is 13.3. The van der Waals surface area contributed by atoms with E-state index in [4.69, 9.17) is 10.5 Å². The maximum atomic E-state index is 12.0. The minimum absolute atomic E-state index is 0.113. The first kappa shape index (κ1) is 12.4. The lowest BCUT2D eigenvalue weighted by molar-refractivity contribution is 0.0527. The van der Waals surface area contributed by atoms with Gasteiger partial charge in [0.15, 0.2) is 0 Å². The molecule has 0 amide bonds. The van der Waals surface area contributed by atoms with Gasteiger partial charge in [0.1, 0.15) is 5.75 Å². The summed E-state index contributed by atoms with van der Waals surface area (Å²) < 4.78 is 6.86. The van der Waals surface area contributed by atoms with Gasteiger partial charge in [-0.25, -0.2) is 4.79 Å². The van der Waals surface area contributed by atoms with Gasteiger partial charge in [-0.05, 0) is 32.0 Å². The second-order valence-electron chi connectivity index (χ2n) is 3.99. The minimum atomic E-state index is -0.391. The van der Waals surface area contributed by atoms with Crippen LogP contribution in [0.3, 0.4) is 0 Å². The predicted molar refractivity (Wildman–Crippen MR) is 68.5 cm³/mol. The quantitative estimate of drug-likeness (QED) is 0.811. The molecule has 0 saturated heterocycles. The van der Waals surface area contributed by atoms with Crippen molar-refractivity contribution in [2.24, 2.45) is 5.73 Å². The fraction of sp³-hybridized carbons (Fsp3) is 0.308. The van der Waals surface area contributed by atoms with Gasteiger partial charge in [-0.3, -0.25) is 0 Å². The maximum absolute atomic E-state index is 12.0. The Labute approximate surface area is 105 Å². The number of phenols is 1. The van der Waals surface area contributed by atoms with E-state index in [1.54, 1.807) is 25.1 Å². The molecule has 0 aliphatic carbocycles. The van der Waals surface area contributed by atoms with Crippen LogP contribution in [-0.2, 0) is 11.4 Å². The lowest BCUT2D eigenvalue weighted by Gasteiger charge is -2.04. The Balaban J connectivity index is 2.74. The van der Waals surface area contributed by atoms with Gasteiger partial charge in [-0.15, -0.1) is 0 Å². The fourth-order valence-electron chi connectivity index (χ4n) is 2.17. The topological polar surface area (TPSA) is 77.5 Å². The smallest absolute Gasteiger partial charge is 0.340 e. The van der Waals surface area contributed by atoms with E-state index >= 15 is 0 Å². The van der Waals surface area contributed by atoms with Gasteiger partial charge in [-0.2, -0.15) is 0 Å². The molecule has 0 aliphatic rings. The van der Waals surface area contributed by atoms with Gasteiger partial charge in [0.2, 0.25) is 0 Å². The summed E-state index contributed by atoms with van der Waals surface area (Å²) in [7, 11) is 0. The van der Waals surface area contributed by atoms with Gasteiger partial charge >= 0.3 is 5.97 Å². The number of nitrogens with zero attached hydrogens (tertiary/aromatic N) is 1. The van der Waals surface area contributed by atoms with Crippen molar-refractivity contribution in [3.8, 4) is 5.75 Å². The highest BCUT2D eigenvalue weighted by Gasteiger charge is 2.20. The summed E-state index contributed by atoms with van der Waals surface area (Å²) in [4.78, 5) is 12.0. The molecule has 18 heavy (non-hydrogen) atoms. The first-order valence-electron chi connectivity index (χ1n) is 5.79. The van der Waals surface area contributed by atoms with Crippen LogP contribution in [0.25, 0.3) is 10.9 Å². The highest BCUT2D eigenvalue weighted by atomic mass is 16.5. The summed E-state index contributed by atoms with van der Waals surface area (Å²) >= 11 is 0. The van der Waals surface area contributed by atoms with Crippen molar-refractivity contribution >= 4 is 16.9 Å². The number of fused-ring (bicyclic) bond motifs is 1. The van der Waals surface area contributed by atoms with Crippen LogP contribution in [-0.4, -0.2) is 22.2 Å². The Hall–Kier alpha value is -2.01. The molecule has 0 fully saturated rings. The van der Waals surface area contributed by atoms with Crippen molar-refractivity contribution in [2.75, 3.05) is 6.61 Å². The number of rotatable bonds is 3. The van der Waals surface area contributed by atoms with Crippen LogP contribution >= 0.6 is 0 Å². The number of esters is 1. The molecule has 0 atom stereocenters. The second kappa shape index (κ2) is 4.70. The maximum Gasteiger partial charge on any atom is 0.340 e. The number of hydrogen-bond donors (Lipinski definition) is 2. The molecule has 2 aromatic rings. The minimum Gasteiger partial charge on any atom is -0.508 e. The van der Waals surface area contributed by atoms with Crippen LogP contribution in [0.2, 0.25) is 0 Å². The summed E-state index contributed by atoms with van der Waals surface area (Å²) in [6, 6.07) is 4.87. The number of nitrogens with two attached hydrogens (primary N) is 1. The number of aromatic nitrogens is 1. The summed E-state index contributed by atoms with van der Waals surface area (Å²) in [6.07, 6.45) is 0. The highest BCUT2D eigenvalue weighted by Crippen LogP contribution is 2.29. The Morgan fingerprint density at radius 1 is 1.50 bits per heavy atom. The molecular formula is C13H16N2O3. The Kier molecular flexibility index (Phi) is 3.25. The molecule has 5 nitrogen and oxygen atoms in total. The lowest BCUT2D eigenvalue weighted by atomic mass is 10.1. The molecule has 0 radical (unpaired) electrons. The highest BCUT2D eigenvalue weighted by molar-refractivity contribution is 6.06. The molecule has 0 saturated carbocycles. The number of phenolic OH excluding ortho intramolecular Hbond substituents is 1. The fourth-order valence-corrected chi connectivity index (χ4v) is 2.17. The normalized spacial score (nSPS) is 10.8. The van der Waals surface area contributed by atoms with Crippen molar-refractivity contribution in [2.45, 2.75) is 20.5 Å². The molecule has 0 bridgehead atoms. The van der Waals surface area contributed by atoms with E-state index in [9.17, 15) is 9.90 Å². The van der Waals surface area contributed by atoms with Crippen LogP contribution in [0.4, 0.5) is 0 Å². The van der Waals surface area contributed by atoms with Crippen LogP contribution in [0.15, 0.2) is 18.2 Å². The third kappa shape index (κ3) is 1.82. The SMILES string of the molecule is CCOC(=O)c1c(C)n(CN)c2ccc(O)cc12. The molecule has 2 rings (SSSR count). The van der Waals surface area contributed by atoms with Crippen molar-refractivity contribution in [3.63, 3.8) is 0 Å². The van der Waals surface area contributed by atoms with E-state index in [0.717, 1.165) is 11.2 Å². The van der Waals surface area contributed by atoms with Crippen molar-refractivity contribution in [1.29, 1.82) is 0 Å². The van der Waals surface area contributed by atoms with Crippen LogP contribution in [0.5, 0.6) is 5.75 Å². The van der Waals surface area contributed by atoms with Crippen molar-refractivity contribution in [1.82, 2.24) is 4.57 Å². The largest absolute Gasteiger partial charge is 0.508 e. The molecule has 1 heterocycles. The summed E-state index contributed by atoms with van der Waals surface area (Å²) in [6.45, 7) is 4.15. The molecule has 1 aromatic heterocycles. The van der Waals surface area contributed by atoms with Gasteiger partial charge < -0.3 is 20.1 Å². The average molecular weight is 248 g/mol. The number of hydrogen-bond acceptors (Lipinski definition) is 4. The molecular weight excluding hydrogens is 232 g/mol. The van der Waals surface area contributed by atoms with E-state index in [1.807, 2.05) is 11.5 Å². The first-order valence-corrected chi connectivity index (χ1v) is 5.79. The molecule has 0 spiro atoms. The Bertz CT molecular complexity index is 602. The molecule has 3 N–H and O–H groups in total. The monoisotopic (exact) mass is 248 g/mol. The molecule has 96 valence electrons. The van der Waals surface area contributed by atoms with E-state index in [0.29, 0.717) is 17.6 Å². The molecule has 0 aliphatic heterocycles. The van der Waals surface area contributed by atoms with Crippen molar-refractivity contribution < 1.29 is 14.6 Å². The van der Waals surface area contributed by atoms with E-state index in [2.05, 4.69) is 0 Å². The van der Waals surface area contributed by atoms with Gasteiger partial charge in [0, 0.05) is 11.1 Å². The number of ether oxygens (including phenoxy) is 1. The molecule has 1 aromatic carbocycles. The van der Waals surface area contributed by atoms with Gasteiger partial charge in [-0.1, -0.05) is 0 Å². The Morgan fingerprint density at radius 2 is 2.22 bits per heavy atom.